The van der Waals surface area contributed by atoms with E-state index in [0.717, 1.165) is 12.0 Å². The highest BCUT2D eigenvalue weighted by Gasteiger charge is 2.28. The highest BCUT2D eigenvalue weighted by Crippen LogP contribution is 2.09. The summed E-state index contributed by atoms with van der Waals surface area (Å²) in [6, 6.07) is 9.96. The molecular formula is C21H29N3O5. The standard InChI is InChI=1S/C21H29N3O5/c25-19(8-4-14-28-17-18-6-2-1-3-7-18)22-9-5-10-23(12-11-22)20(26)16-24-13-15-29-21(24)27/h1-3,6-7H,4-5,8-17H2. The fourth-order valence-corrected chi connectivity index (χ4v) is 3.50. The van der Waals surface area contributed by atoms with Gasteiger partial charge in [-0.3, -0.25) is 14.5 Å². The highest BCUT2D eigenvalue weighted by molar-refractivity contribution is 5.83. The first-order valence-electron chi connectivity index (χ1n) is 10.2. The summed E-state index contributed by atoms with van der Waals surface area (Å²) >= 11 is 0. The van der Waals surface area contributed by atoms with Gasteiger partial charge < -0.3 is 19.3 Å². The zero-order chi connectivity index (χ0) is 20.5. The molecule has 1 aromatic rings. The molecule has 0 unspecified atom stereocenters. The Morgan fingerprint density at radius 1 is 0.966 bits per heavy atom. The Kier molecular flexibility index (Phi) is 7.86. The smallest absolute Gasteiger partial charge is 0.410 e. The number of carbonyl (C=O) groups is 3. The third-order valence-electron chi connectivity index (χ3n) is 5.16. The average molecular weight is 403 g/mol. The van der Waals surface area contributed by atoms with E-state index < -0.39 is 6.09 Å². The van der Waals surface area contributed by atoms with Crippen molar-refractivity contribution in [3.63, 3.8) is 0 Å². The van der Waals surface area contributed by atoms with E-state index in [2.05, 4.69) is 0 Å². The lowest BCUT2D eigenvalue weighted by molar-refractivity contribution is -0.134. The van der Waals surface area contributed by atoms with E-state index in [1.807, 2.05) is 35.2 Å². The molecular weight excluding hydrogens is 374 g/mol. The topological polar surface area (TPSA) is 79.4 Å². The largest absolute Gasteiger partial charge is 0.448 e. The van der Waals surface area contributed by atoms with Crippen LogP contribution in [0, 0.1) is 0 Å². The second kappa shape index (κ2) is 10.8. The van der Waals surface area contributed by atoms with Crippen molar-refractivity contribution in [1.29, 1.82) is 0 Å². The minimum Gasteiger partial charge on any atom is -0.448 e. The molecule has 1 aromatic carbocycles. The van der Waals surface area contributed by atoms with Gasteiger partial charge in [0.2, 0.25) is 11.8 Å². The number of hydrogen-bond acceptors (Lipinski definition) is 5. The first-order valence-corrected chi connectivity index (χ1v) is 10.2. The Hall–Kier alpha value is -2.61. The number of cyclic esters (lactones) is 1. The van der Waals surface area contributed by atoms with Crippen molar-refractivity contribution in [2.75, 3.05) is 52.5 Å². The minimum absolute atomic E-state index is 0.0472. The second-order valence-electron chi connectivity index (χ2n) is 7.29. The molecule has 0 aliphatic carbocycles. The lowest BCUT2D eigenvalue weighted by Crippen LogP contribution is -2.42. The van der Waals surface area contributed by atoms with Crippen molar-refractivity contribution in [2.45, 2.75) is 25.9 Å². The molecule has 2 fully saturated rings. The zero-order valence-corrected chi connectivity index (χ0v) is 16.8. The number of benzene rings is 1. The van der Waals surface area contributed by atoms with Crippen LogP contribution in [0.15, 0.2) is 30.3 Å². The lowest BCUT2D eigenvalue weighted by Gasteiger charge is -2.23. The summed E-state index contributed by atoms with van der Waals surface area (Å²) in [5, 5.41) is 0. The van der Waals surface area contributed by atoms with Gasteiger partial charge in [-0.05, 0) is 18.4 Å². The molecule has 8 heteroatoms. The van der Waals surface area contributed by atoms with E-state index in [4.69, 9.17) is 9.47 Å². The third-order valence-corrected chi connectivity index (χ3v) is 5.16. The van der Waals surface area contributed by atoms with Crippen LogP contribution < -0.4 is 0 Å². The van der Waals surface area contributed by atoms with E-state index in [0.29, 0.717) is 65.4 Å². The van der Waals surface area contributed by atoms with E-state index in [1.165, 1.54) is 4.90 Å². The summed E-state index contributed by atoms with van der Waals surface area (Å²) in [5.74, 6) is 0.0122. The molecule has 8 nitrogen and oxygen atoms in total. The first-order chi connectivity index (χ1) is 14.1. The van der Waals surface area contributed by atoms with Crippen LogP contribution in [-0.2, 0) is 25.7 Å². The monoisotopic (exact) mass is 403 g/mol. The molecule has 2 aliphatic heterocycles. The number of carbonyl (C=O) groups excluding carboxylic acids is 3. The van der Waals surface area contributed by atoms with Gasteiger partial charge in [0.15, 0.2) is 0 Å². The molecule has 3 rings (SSSR count). The van der Waals surface area contributed by atoms with Crippen molar-refractivity contribution >= 4 is 17.9 Å². The number of hydrogen-bond donors (Lipinski definition) is 0. The van der Waals surface area contributed by atoms with Gasteiger partial charge in [0, 0.05) is 39.2 Å². The lowest BCUT2D eigenvalue weighted by atomic mass is 10.2. The van der Waals surface area contributed by atoms with Crippen molar-refractivity contribution in [2.24, 2.45) is 0 Å². The molecule has 2 saturated heterocycles. The van der Waals surface area contributed by atoms with Gasteiger partial charge in [-0.1, -0.05) is 30.3 Å². The van der Waals surface area contributed by atoms with Gasteiger partial charge in [-0.2, -0.15) is 0 Å². The molecule has 2 aliphatic rings. The Balaban J connectivity index is 1.33. The van der Waals surface area contributed by atoms with Gasteiger partial charge in [-0.15, -0.1) is 0 Å². The Morgan fingerprint density at radius 2 is 1.69 bits per heavy atom. The average Bonchev–Trinajstić information content (AvgIpc) is 2.98. The van der Waals surface area contributed by atoms with E-state index >= 15 is 0 Å². The molecule has 29 heavy (non-hydrogen) atoms. The summed E-state index contributed by atoms with van der Waals surface area (Å²) in [6.07, 6.45) is 1.44. The third kappa shape index (κ3) is 6.45. The van der Waals surface area contributed by atoms with Gasteiger partial charge in [0.25, 0.3) is 0 Å². The molecule has 0 saturated carbocycles. The van der Waals surface area contributed by atoms with E-state index in [-0.39, 0.29) is 18.4 Å². The van der Waals surface area contributed by atoms with Crippen LogP contribution in [0.1, 0.15) is 24.8 Å². The molecule has 158 valence electrons. The van der Waals surface area contributed by atoms with Crippen LogP contribution in [0.25, 0.3) is 0 Å². The van der Waals surface area contributed by atoms with Gasteiger partial charge in [-0.25, -0.2) is 4.79 Å². The Bertz CT molecular complexity index is 697. The molecule has 0 N–H and O–H groups in total. The molecule has 0 radical (unpaired) electrons. The number of ether oxygens (including phenoxy) is 2. The van der Waals surface area contributed by atoms with Gasteiger partial charge in [0.1, 0.15) is 13.2 Å². The SMILES string of the molecule is O=C(CCCOCc1ccccc1)N1CCCN(C(=O)CN2CCOC2=O)CC1. The predicted octanol–water partition coefficient (Wildman–Crippen LogP) is 1.50. The number of rotatable bonds is 8. The van der Waals surface area contributed by atoms with Crippen LogP contribution in [0.4, 0.5) is 4.79 Å². The fourth-order valence-electron chi connectivity index (χ4n) is 3.50. The fraction of sp³-hybridized carbons (Fsp3) is 0.571. The summed E-state index contributed by atoms with van der Waals surface area (Å²) in [7, 11) is 0. The molecule has 3 amide bonds. The van der Waals surface area contributed by atoms with Crippen LogP contribution in [0.2, 0.25) is 0 Å². The summed E-state index contributed by atoms with van der Waals surface area (Å²) in [4.78, 5) is 41.4. The molecule has 0 atom stereocenters. The van der Waals surface area contributed by atoms with Crippen LogP contribution in [-0.4, -0.2) is 85.1 Å². The highest BCUT2D eigenvalue weighted by atomic mass is 16.6. The predicted molar refractivity (Wildman–Crippen MR) is 106 cm³/mol. The molecule has 2 heterocycles. The maximum absolute atomic E-state index is 12.5. The van der Waals surface area contributed by atoms with Gasteiger partial charge in [0.05, 0.1) is 13.2 Å². The van der Waals surface area contributed by atoms with Crippen molar-refractivity contribution in [3.8, 4) is 0 Å². The normalized spacial score (nSPS) is 17.2. The van der Waals surface area contributed by atoms with Crippen molar-refractivity contribution in [1.82, 2.24) is 14.7 Å². The maximum atomic E-state index is 12.5. The molecule has 0 bridgehead atoms. The summed E-state index contributed by atoms with van der Waals surface area (Å²) < 4.78 is 10.5. The number of amides is 3. The van der Waals surface area contributed by atoms with E-state index in [1.54, 1.807) is 4.90 Å². The number of nitrogens with zero attached hydrogens (tertiary/aromatic N) is 3. The maximum Gasteiger partial charge on any atom is 0.410 e. The second-order valence-corrected chi connectivity index (χ2v) is 7.29. The summed E-state index contributed by atoms with van der Waals surface area (Å²) in [6.45, 7) is 4.22. The van der Waals surface area contributed by atoms with E-state index in [9.17, 15) is 14.4 Å². The first kappa shape index (κ1) is 21.1. The van der Waals surface area contributed by atoms with Gasteiger partial charge >= 0.3 is 6.09 Å². The zero-order valence-electron chi connectivity index (χ0n) is 16.8. The minimum atomic E-state index is -0.431. The van der Waals surface area contributed by atoms with Crippen LogP contribution in [0.5, 0.6) is 0 Å². The quantitative estimate of drug-likeness (QED) is 0.615. The summed E-state index contributed by atoms with van der Waals surface area (Å²) in [5.41, 5.74) is 1.12. The molecule has 0 spiro atoms. The Morgan fingerprint density at radius 3 is 2.38 bits per heavy atom. The molecule has 0 aromatic heterocycles. The van der Waals surface area contributed by atoms with Crippen LogP contribution >= 0.6 is 0 Å². The Labute approximate surface area is 171 Å². The van der Waals surface area contributed by atoms with Crippen LogP contribution in [0.3, 0.4) is 0 Å². The van der Waals surface area contributed by atoms with Crippen molar-refractivity contribution in [3.05, 3.63) is 35.9 Å². The van der Waals surface area contributed by atoms with Crippen molar-refractivity contribution < 1.29 is 23.9 Å².